The molecule has 0 aliphatic heterocycles. The molecule has 0 aromatic heterocycles. The van der Waals surface area contributed by atoms with Gasteiger partial charge in [0.15, 0.2) is 5.76 Å². The quantitative estimate of drug-likeness (QED) is 0.538. The number of ether oxygens (including phenoxy) is 1. The molecule has 0 aliphatic carbocycles. The van der Waals surface area contributed by atoms with Crippen molar-refractivity contribution in [1.29, 1.82) is 0 Å². The van der Waals surface area contributed by atoms with Crippen LogP contribution in [0.2, 0.25) is 0 Å². The molecule has 1 nitrogen and oxygen atoms in total. The van der Waals surface area contributed by atoms with E-state index >= 15 is 0 Å². The van der Waals surface area contributed by atoms with Crippen LogP contribution in [-0.4, -0.2) is 6.61 Å². The van der Waals surface area contributed by atoms with Gasteiger partial charge in [-0.05, 0) is 31.9 Å². The van der Waals surface area contributed by atoms with Gasteiger partial charge in [-0.15, -0.1) is 5.92 Å². The van der Waals surface area contributed by atoms with Gasteiger partial charge in [0.05, 0.1) is 6.61 Å². The van der Waals surface area contributed by atoms with Gasteiger partial charge in [0, 0.05) is 11.6 Å². The van der Waals surface area contributed by atoms with Crippen LogP contribution in [-0.2, 0) is 4.74 Å². The Morgan fingerprint density at radius 2 is 2.06 bits per heavy atom. The number of allylic oxidation sites excluding steroid dienone is 2. The molecule has 0 N–H and O–H groups in total. The summed E-state index contributed by atoms with van der Waals surface area (Å²) < 4.78 is 5.35. The summed E-state index contributed by atoms with van der Waals surface area (Å²) in [6.45, 7) is 4.31. The van der Waals surface area contributed by atoms with Gasteiger partial charge >= 0.3 is 0 Å². The zero-order chi connectivity index (χ0) is 11.6. The Labute approximate surface area is 97.1 Å². The molecule has 0 saturated carbocycles. The Balaban J connectivity index is 2.82. The van der Waals surface area contributed by atoms with E-state index in [-0.39, 0.29) is 0 Å². The molecule has 80 valence electrons. The first kappa shape index (κ1) is 12.0. The van der Waals surface area contributed by atoms with E-state index in [4.69, 9.17) is 4.74 Å². The lowest BCUT2D eigenvalue weighted by molar-refractivity contribution is 0.246. The maximum atomic E-state index is 5.35. The van der Waals surface area contributed by atoms with Crippen molar-refractivity contribution < 1.29 is 4.74 Å². The third-order valence-electron chi connectivity index (χ3n) is 1.75. The lowest BCUT2D eigenvalue weighted by atomic mass is 10.2. The van der Waals surface area contributed by atoms with E-state index < -0.39 is 0 Å². The molecule has 0 bridgehead atoms. The maximum absolute atomic E-state index is 5.35. The monoisotopic (exact) mass is 210 g/mol. The predicted molar refractivity (Wildman–Crippen MR) is 66.5 cm³/mol. The summed E-state index contributed by atoms with van der Waals surface area (Å²) in [7, 11) is 0. The third kappa shape index (κ3) is 4.40. The van der Waals surface area contributed by atoms with Gasteiger partial charge in [-0.25, -0.2) is 0 Å². The van der Waals surface area contributed by atoms with E-state index in [1.165, 1.54) is 0 Å². The second-order valence-electron chi connectivity index (χ2n) is 2.95. The van der Waals surface area contributed by atoms with Crippen molar-refractivity contribution in [2.24, 2.45) is 0 Å². The van der Waals surface area contributed by atoms with Gasteiger partial charge in [0.25, 0.3) is 0 Å². The second-order valence-corrected chi connectivity index (χ2v) is 2.95. The number of benzene rings is 1. The van der Waals surface area contributed by atoms with Crippen LogP contribution in [0.15, 0.2) is 42.2 Å². The Morgan fingerprint density at radius 3 is 2.69 bits per heavy atom. The average molecular weight is 210 g/mol. The third-order valence-corrected chi connectivity index (χ3v) is 1.75. The van der Waals surface area contributed by atoms with E-state index in [0.717, 1.165) is 5.56 Å². The smallest absolute Gasteiger partial charge is 0.178 e. The highest BCUT2D eigenvalue weighted by Crippen LogP contribution is 1.98. The highest BCUT2D eigenvalue weighted by atomic mass is 16.5. The Kier molecular flexibility index (Phi) is 5.38. The number of hydrogen-bond acceptors (Lipinski definition) is 1. The lowest BCUT2D eigenvalue weighted by Crippen LogP contribution is -1.88. The fraction of sp³-hybridized carbons (Fsp3) is 0.200. The molecule has 1 heteroatoms. The molecule has 1 rings (SSSR count). The minimum Gasteiger partial charge on any atom is -0.485 e. The Morgan fingerprint density at radius 1 is 1.31 bits per heavy atom. The van der Waals surface area contributed by atoms with Crippen molar-refractivity contribution >= 4 is 0 Å². The van der Waals surface area contributed by atoms with Gasteiger partial charge < -0.3 is 4.74 Å². The van der Waals surface area contributed by atoms with Crippen molar-refractivity contribution in [3.63, 3.8) is 0 Å². The zero-order valence-electron chi connectivity index (χ0n) is 9.58. The fourth-order valence-electron chi connectivity index (χ4n) is 1.06. The molecule has 0 heterocycles. The SMILES string of the molecule is CC#C/C=C(\C#Cc1ccccc1)OCC. The lowest BCUT2D eigenvalue weighted by Gasteiger charge is -1.98. The number of rotatable bonds is 2. The van der Waals surface area contributed by atoms with E-state index in [0.29, 0.717) is 12.4 Å². The minimum atomic E-state index is 0.598. The first-order valence-corrected chi connectivity index (χ1v) is 5.19. The van der Waals surface area contributed by atoms with Crippen LogP contribution in [0.1, 0.15) is 19.4 Å². The van der Waals surface area contributed by atoms with Crippen LogP contribution in [0.25, 0.3) is 0 Å². The van der Waals surface area contributed by atoms with E-state index in [1.54, 1.807) is 13.0 Å². The van der Waals surface area contributed by atoms with Gasteiger partial charge in [0.2, 0.25) is 0 Å². The summed E-state index contributed by atoms with van der Waals surface area (Å²) >= 11 is 0. The summed E-state index contributed by atoms with van der Waals surface area (Å²) in [6.07, 6.45) is 1.69. The van der Waals surface area contributed by atoms with E-state index in [9.17, 15) is 0 Å². The van der Waals surface area contributed by atoms with Gasteiger partial charge in [0.1, 0.15) is 0 Å². The number of hydrogen-bond donors (Lipinski definition) is 0. The Bertz CT molecular complexity index is 461. The average Bonchev–Trinajstić information content (AvgIpc) is 2.34. The highest BCUT2D eigenvalue weighted by Gasteiger charge is 1.89. The minimum absolute atomic E-state index is 0.598. The molecule has 0 radical (unpaired) electrons. The summed E-state index contributed by atoms with van der Waals surface area (Å²) in [6, 6.07) is 9.80. The zero-order valence-corrected chi connectivity index (χ0v) is 9.58. The first-order valence-electron chi connectivity index (χ1n) is 5.19. The molecular formula is C15H14O. The molecule has 0 atom stereocenters. The first-order chi connectivity index (χ1) is 7.86. The largest absolute Gasteiger partial charge is 0.485 e. The molecule has 0 spiro atoms. The molecular weight excluding hydrogens is 196 g/mol. The molecule has 1 aromatic rings. The normalized spacial score (nSPS) is 9.50. The van der Waals surface area contributed by atoms with Crippen molar-refractivity contribution in [3.05, 3.63) is 47.7 Å². The molecule has 1 aromatic carbocycles. The summed E-state index contributed by atoms with van der Waals surface area (Å²) in [5.41, 5.74) is 0.970. The van der Waals surface area contributed by atoms with Crippen LogP contribution in [0.4, 0.5) is 0 Å². The van der Waals surface area contributed by atoms with Crippen molar-refractivity contribution in [2.75, 3.05) is 6.61 Å². The molecule has 16 heavy (non-hydrogen) atoms. The van der Waals surface area contributed by atoms with Crippen LogP contribution in [0.3, 0.4) is 0 Å². The van der Waals surface area contributed by atoms with E-state index in [2.05, 4.69) is 23.7 Å². The fourth-order valence-corrected chi connectivity index (χ4v) is 1.06. The highest BCUT2D eigenvalue weighted by molar-refractivity contribution is 5.40. The molecule has 0 unspecified atom stereocenters. The van der Waals surface area contributed by atoms with E-state index in [1.807, 2.05) is 37.3 Å². The topological polar surface area (TPSA) is 9.23 Å². The van der Waals surface area contributed by atoms with Gasteiger partial charge in [-0.2, -0.15) is 0 Å². The van der Waals surface area contributed by atoms with Gasteiger partial charge in [-0.1, -0.05) is 30.0 Å². The van der Waals surface area contributed by atoms with Crippen molar-refractivity contribution in [3.8, 4) is 23.7 Å². The van der Waals surface area contributed by atoms with Crippen molar-refractivity contribution in [1.82, 2.24) is 0 Å². The maximum Gasteiger partial charge on any atom is 0.178 e. The van der Waals surface area contributed by atoms with Crippen LogP contribution in [0.5, 0.6) is 0 Å². The molecule has 0 amide bonds. The van der Waals surface area contributed by atoms with Gasteiger partial charge in [-0.3, -0.25) is 0 Å². The molecule has 0 fully saturated rings. The van der Waals surface area contributed by atoms with Crippen LogP contribution in [0, 0.1) is 23.7 Å². The second kappa shape index (κ2) is 7.21. The summed E-state index contributed by atoms with van der Waals surface area (Å²) in [5.74, 6) is 12.2. The van der Waals surface area contributed by atoms with Crippen LogP contribution < -0.4 is 0 Å². The molecule has 0 aliphatic rings. The molecule has 0 saturated heterocycles. The van der Waals surface area contributed by atoms with Crippen LogP contribution >= 0.6 is 0 Å². The van der Waals surface area contributed by atoms with Crippen molar-refractivity contribution in [2.45, 2.75) is 13.8 Å². The predicted octanol–water partition coefficient (Wildman–Crippen LogP) is 2.98. The summed E-state index contributed by atoms with van der Waals surface area (Å²) in [4.78, 5) is 0. The summed E-state index contributed by atoms with van der Waals surface area (Å²) in [5, 5.41) is 0. The Hall–Kier alpha value is -2.12. The standard InChI is InChI=1S/C15H14O/c1-3-5-11-15(16-4-2)13-12-14-9-7-6-8-10-14/h6-11H,4H2,1-2H3/b15-11+.